The van der Waals surface area contributed by atoms with Crippen molar-refractivity contribution in [1.82, 2.24) is 0 Å². The highest BCUT2D eigenvalue weighted by molar-refractivity contribution is 6.31. The Morgan fingerprint density at radius 3 is 2.48 bits per heavy atom. The molecule has 2 aliphatic carbocycles. The predicted octanol–water partition coefficient (Wildman–Crippen LogP) is 8.41. The fraction of sp³-hybridized carbons (Fsp3) is 0.0323. The Morgan fingerprint density at radius 1 is 0.788 bits per heavy atom. The normalized spacial score (nSPS) is 18.3. The molecule has 0 N–H and O–H groups in total. The van der Waals surface area contributed by atoms with Gasteiger partial charge in [0.2, 0.25) is 0 Å². The summed E-state index contributed by atoms with van der Waals surface area (Å²) >= 11 is 6.62. The lowest BCUT2D eigenvalue weighted by molar-refractivity contribution is 0.669. The Balaban J connectivity index is 1.70. The van der Waals surface area contributed by atoms with Crippen molar-refractivity contribution >= 4 is 33.5 Å². The molecule has 1 heterocycles. The standard InChI is InChI=1S/C31H18ClO/c32-22-15-16-25-27(19-22)31(20-9-3-1-4-10-20,21-11-5-2-6-12-21)26-18-17-24-23-13-7-8-14-28(23)33-30(24)29(25)26/h1,3-19H/q+1. The molecule has 0 radical (unpaired) electrons. The summed E-state index contributed by atoms with van der Waals surface area (Å²) in [5.41, 5.74) is 8.42. The molecule has 7 rings (SSSR count). The van der Waals surface area contributed by atoms with Crippen molar-refractivity contribution in [3.63, 3.8) is 0 Å². The summed E-state index contributed by atoms with van der Waals surface area (Å²) in [5, 5.41) is 3.00. The second kappa shape index (κ2) is 6.80. The maximum atomic E-state index is 6.62. The zero-order valence-electron chi connectivity index (χ0n) is 17.7. The molecule has 2 heteroatoms. The number of rotatable bonds is 2. The van der Waals surface area contributed by atoms with E-state index in [9.17, 15) is 0 Å². The molecule has 5 aromatic rings. The molecule has 4 aromatic carbocycles. The molecule has 0 amide bonds. The summed E-state index contributed by atoms with van der Waals surface area (Å²) in [5.74, 6) is 0. The number of hydrogen-bond acceptors (Lipinski definition) is 1. The van der Waals surface area contributed by atoms with E-state index in [0.717, 1.165) is 38.1 Å². The van der Waals surface area contributed by atoms with Crippen LogP contribution in [0.3, 0.4) is 0 Å². The quantitative estimate of drug-likeness (QED) is 0.250. The van der Waals surface area contributed by atoms with E-state index in [1.807, 2.05) is 30.4 Å². The highest BCUT2D eigenvalue weighted by Gasteiger charge is 2.50. The molecular weight excluding hydrogens is 424 g/mol. The lowest BCUT2D eigenvalue weighted by Crippen LogP contribution is -2.29. The van der Waals surface area contributed by atoms with E-state index < -0.39 is 5.41 Å². The van der Waals surface area contributed by atoms with Crippen molar-refractivity contribution in [2.24, 2.45) is 0 Å². The van der Waals surface area contributed by atoms with E-state index in [-0.39, 0.29) is 0 Å². The minimum atomic E-state index is -0.501. The SMILES string of the molecule is Clc1ccc2c(c1)C(C1=CC=[C+]C=C1)(c1ccccc1)c1ccc3c(oc4ccccc43)c1-2. The van der Waals surface area contributed by atoms with Crippen LogP contribution in [0.4, 0.5) is 0 Å². The Bertz CT molecular complexity index is 1670. The van der Waals surface area contributed by atoms with E-state index in [2.05, 4.69) is 85.0 Å². The highest BCUT2D eigenvalue weighted by atomic mass is 35.5. The van der Waals surface area contributed by atoms with Gasteiger partial charge in [0, 0.05) is 27.4 Å². The van der Waals surface area contributed by atoms with Crippen LogP contribution in [0.2, 0.25) is 5.02 Å². The Kier molecular flexibility index (Phi) is 3.84. The van der Waals surface area contributed by atoms with Crippen LogP contribution in [0, 0.1) is 6.08 Å². The van der Waals surface area contributed by atoms with Crippen molar-refractivity contribution in [3.8, 4) is 11.1 Å². The van der Waals surface area contributed by atoms with Crippen molar-refractivity contribution in [2.75, 3.05) is 0 Å². The summed E-state index contributed by atoms with van der Waals surface area (Å²) in [4.78, 5) is 0. The monoisotopic (exact) mass is 441 g/mol. The van der Waals surface area contributed by atoms with Gasteiger partial charge in [0.15, 0.2) is 0 Å². The smallest absolute Gasteiger partial charge is 0.143 e. The highest BCUT2D eigenvalue weighted by Crippen LogP contribution is 2.59. The van der Waals surface area contributed by atoms with Gasteiger partial charge in [0.05, 0.1) is 23.1 Å². The van der Waals surface area contributed by atoms with Gasteiger partial charge < -0.3 is 4.42 Å². The average Bonchev–Trinajstić information content (AvgIpc) is 3.38. The molecule has 1 atom stereocenters. The van der Waals surface area contributed by atoms with Crippen molar-refractivity contribution in [2.45, 2.75) is 5.41 Å². The molecule has 0 spiro atoms. The number of hydrogen-bond donors (Lipinski definition) is 0. The molecule has 154 valence electrons. The summed E-state index contributed by atoms with van der Waals surface area (Å²) in [6.45, 7) is 0. The Labute approximate surface area is 196 Å². The molecule has 0 saturated heterocycles. The van der Waals surface area contributed by atoms with Gasteiger partial charge in [-0.3, -0.25) is 0 Å². The molecule has 2 aliphatic rings. The largest absolute Gasteiger partial charge is 0.455 e. The maximum Gasteiger partial charge on any atom is 0.143 e. The van der Waals surface area contributed by atoms with Crippen molar-refractivity contribution in [1.29, 1.82) is 0 Å². The summed E-state index contributed by atoms with van der Waals surface area (Å²) < 4.78 is 6.51. The van der Waals surface area contributed by atoms with Gasteiger partial charge >= 0.3 is 0 Å². The van der Waals surface area contributed by atoms with E-state index in [1.54, 1.807) is 0 Å². The Hall–Kier alpha value is -3.90. The van der Waals surface area contributed by atoms with E-state index in [0.29, 0.717) is 0 Å². The fourth-order valence-electron chi connectivity index (χ4n) is 5.67. The second-order valence-corrected chi connectivity index (χ2v) is 8.99. The number of halogens is 1. The first-order valence-electron chi connectivity index (χ1n) is 11.1. The van der Waals surface area contributed by atoms with Crippen LogP contribution in [0.5, 0.6) is 0 Å². The third kappa shape index (κ3) is 2.41. The Morgan fingerprint density at radius 2 is 1.64 bits per heavy atom. The van der Waals surface area contributed by atoms with Crippen LogP contribution >= 0.6 is 11.6 Å². The van der Waals surface area contributed by atoms with Gasteiger partial charge in [-0.15, -0.1) is 0 Å². The minimum Gasteiger partial charge on any atom is -0.455 e. The zero-order chi connectivity index (χ0) is 22.0. The summed E-state index contributed by atoms with van der Waals surface area (Å²) in [6.07, 6.45) is 11.5. The number of para-hydroxylation sites is 1. The molecular formula is C31H18ClO+. The average molecular weight is 442 g/mol. The van der Waals surface area contributed by atoms with Gasteiger partial charge in [0.1, 0.15) is 23.3 Å². The van der Waals surface area contributed by atoms with Gasteiger partial charge in [-0.05, 0) is 40.5 Å². The predicted molar refractivity (Wildman–Crippen MR) is 136 cm³/mol. The zero-order valence-corrected chi connectivity index (χ0v) is 18.4. The van der Waals surface area contributed by atoms with Gasteiger partial charge in [-0.1, -0.05) is 78.3 Å². The number of allylic oxidation sites excluding steroid dienone is 6. The van der Waals surface area contributed by atoms with Gasteiger partial charge in [-0.2, -0.15) is 0 Å². The van der Waals surface area contributed by atoms with Crippen molar-refractivity contribution in [3.05, 3.63) is 143 Å². The molecule has 1 nitrogen and oxygen atoms in total. The first-order valence-corrected chi connectivity index (χ1v) is 11.4. The van der Waals surface area contributed by atoms with Crippen molar-refractivity contribution < 1.29 is 4.42 Å². The molecule has 1 unspecified atom stereocenters. The van der Waals surface area contributed by atoms with E-state index in [1.165, 1.54) is 22.3 Å². The minimum absolute atomic E-state index is 0.501. The number of benzene rings is 4. The molecule has 0 aliphatic heterocycles. The van der Waals surface area contributed by atoms with Crippen LogP contribution in [0.25, 0.3) is 33.1 Å². The van der Waals surface area contributed by atoms with Crippen LogP contribution in [-0.2, 0) is 5.41 Å². The van der Waals surface area contributed by atoms with Gasteiger partial charge in [-0.25, -0.2) is 0 Å². The first kappa shape index (κ1) is 18.7. The first-order chi connectivity index (χ1) is 16.3. The fourth-order valence-corrected chi connectivity index (χ4v) is 5.84. The third-order valence-corrected chi connectivity index (χ3v) is 7.20. The topological polar surface area (TPSA) is 13.1 Å². The molecule has 33 heavy (non-hydrogen) atoms. The lowest BCUT2D eigenvalue weighted by atomic mass is 9.66. The molecule has 1 aromatic heterocycles. The van der Waals surface area contributed by atoms with Crippen LogP contribution in [-0.4, -0.2) is 0 Å². The van der Waals surface area contributed by atoms with Gasteiger partial charge in [0.25, 0.3) is 0 Å². The van der Waals surface area contributed by atoms with E-state index in [4.69, 9.17) is 16.0 Å². The number of fused-ring (bicyclic) bond motifs is 7. The third-order valence-electron chi connectivity index (χ3n) is 6.96. The number of furan rings is 1. The van der Waals surface area contributed by atoms with Crippen LogP contribution in [0.15, 0.2) is 119 Å². The van der Waals surface area contributed by atoms with Crippen LogP contribution in [0.1, 0.15) is 16.7 Å². The molecule has 0 bridgehead atoms. The summed E-state index contributed by atoms with van der Waals surface area (Å²) in [7, 11) is 0. The molecule has 0 saturated carbocycles. The maximum absolute atomic E-state index is 6.62. The lowest BCUT2D eigenvalue weighted by Gasteiger charge is -2.32. The second-order valence-electron chi connectivity index (χ2n) is 8.56. The van der Waals surface area contributed by atoms with E-state index >= 15 is 0 Å². The van der Waals surface area contributed by atoms with Crippen LogP contribution < -0.4 is 0 Å². The summed E-state index contributed by atoms with van der Waals surface area (Å²) in [6, 6.07) is 29.7. The molecule has 0 fully saturated rings.